The van der Waals surface area contributed by atoms with Crippen molar-refractivity contribution in [1.82, 2.24) is 0 Å². The molecule has 2 rings (SSSR count). The molecule has 3 nitrogen and oxygen atoms in total. The summed E-state index contributed by atoms with van der Waals surface area (Å²) in [6.07, 6.45) is 1.71. The summed E-state index contributed by atoms with van der Waals surface area (Å²) in [5.74, 6) is 0.511. The van der Waals surface area contributed by atoms with Crippen LogP contribution < -0.4 is 10.5 Å². The molecular weight excluding hydrogens is 214 g/mol. The normalized spacial score (nSPS) is 17.6. The van der Waals surface area contributed by atoms with Crippen molar-refractivity contribution in [3.63, 3.8) is 0 Å². The number of nitrogens with two attached hydrogens (primary N) is 1. The van der Waals surface area contributed by atoms with Crippen LogP contribution in [-0.2, 0) is 5.54 Å². The van der Waals surface area contributed by atoms with Gasteiger partial charge in [-0.25, -0.2) is 0 Å². The molecule has 1 aliphatic rings. The van der Waals surface area contributed by atoms with Crippen LogP contribution >= 0.6 is 11.6 Å². The molecule has 0 atom stereocenters. The molecule has 0 aromatic heterocycles. The Morgan fingerprint density at radius 1 is 1.53 bits per heavy atom. The summed E-state index contributed by atoms with van der Waals surface area (Å²) >= 11 is 6.16. The third-order valence-electron chi connectivity index (χ3n) is 2.89. The average molecular weight is 228 g/mol. The summed E-state index contributed by atoms with van der Waals surface area (Å²) in [4.78, 5) is 0. The predicted octanol–water partition coefficient (Wildman–Crippen LogP) is 2.31. The summed E-state index contributed by atoms with van der Waals surface area (Å²) in [5, 5.41) is 10.5. The zero-order valence-electron chi connectivity index (χ0n) is 8.80. The van der Waals surface area contributed by atoms with Crippen molar-refractivity contribution in [1.29, 1.82) is 0 Å². The Bertz CT molecular complexity index is 414. The molecule has 1 fully saturated rings. The van der Waals surface area contributed by atoms with Crippen molar-refractivity contribution in [2.45, 2.75) is 25.3 Å². The monoisotopic (exact) mass is 227 g/mol. The number of benzene rings is 1. The summed E-state index contributed by atoms with van der Waals surface area (Å²) < 4.78 is 5.08. The first-order chi connectivity index (χ1) is 6.99. The van der Waals surface area contributed by atoms with Gasteiger partial charge in [-0.2, -0.15) is 0 Å². The molecule has 1 aliphatic carbocycles. The second-order valence-corrected chi connectivity index (χ2v) is 4.47. The Morgan fingerprint density at radius 2 is 2.13 bits per heavy atom. The van der Waals surface area contributed by atoms with Crippen molar-refractivity contribution in [2.24, 2.45) is 5.73 Å². The Kier molecular flexibility index (Phi) is 2.32. The van der Waals surface area contributed by atoms with Gasteiger partial charge >= 0.3 is 0 Å². The van der Waals surface area contributed by atoms with Gasteiger partial charge in [0, 0.05) is 11.1 Å². The molecule has 0 saturated heterocycles. The number of ether oxygens (including phenoxy) is 1. The summed E-state index contributed by atoms with van der Waals surface area (Å²) in [5.41, 5.74) is 7.10. The highest BCUT2D eigenvalue weighted by molar-refractivity contribution is 6.32. The molecule has 0 amide bonds. The first-order valence-electron chi connectivity index (χ1n) is 4.85. The van der Waals surface area contributed by atoms with E-state index in [1.54, 1.807) is 6.07 Å². The maximum absolute atomic E-state index is 9.98. The van der Waals surface area contributed by atoms with Gasteiger partial charge in [-0.15, -0.1) is 0 Å². The number of halogens is 1. The third kappa shape index (κ3) is 1.56. The van der Waals surface area contributed by atoms with E-state index in [0.29, 0.717) is 16.3 Å². The summed E-state index contributed by atoms with van der Waals surface area (Å²) in [6.45, 7) is 1.87. The van der Waals surface area contributed by atoms with Gasteiger partial charge in [0.05, 0.1) is 12.1 Å². The van der Waals surface area contributed by atoms with Crippen molar-refractivity contribution in [3.8, 4) is 11.5 Å². The van der Waals surface area contributed by atoms with Crippen LogP contribution in [0.4, 0.5) is 0 Å². The highest BCUT2D eigenvalue weighted by Crippen LogP contribution is 2.52. The highest BCUT2D eigenvalue weighted by atomic mass is 35.5. The van der Waals surface area contributed by atoms with Crippen molar-refractivity contribution in [2.75, 3.05) is 7.11 Å². The molecule has 3 N–H and O–H groups in total. The highest BCUT2D eigenvalue weighted by Gasteiger charge is 2.44. The Balaban J connectivity index is 2.65. The molecule has 0 unspecified atom stereocenters. The SMILES string of the molecule is COc1cc(C)c(Cl)c(C2(N)CC2)c1O. The number of aromatic hydroxyl groups is 1. The molecule has 0 bridgehead atoms. The molecule has 82 valence electrons. The van der Waals surface area contributed by atoms with E-state index in [2.05, 4.69) is 0 Å². The second kappa shape index (κ2) is 3.29. The van der Waals surface area contributed by atoms with Crippen LogP contribution in [0.15, 0.2) is 6.07 Å². The van der Waals surface area contributed by atoms with Gasteiger partial charge in [0.1, 0.15) is 0 Å². The molecule has 0 heterocycles. The molecule has 1 aromatic carbocycles. The van der Waals surface area contributed by atoms with Crippen LogP contribution in [0.1, 0.15) is 24.0 Å². The standard InChI is InChI=1S/C11H14ClNO2/c1-6-5-7(15-2)10(14)8(9(6)12)11(13)3-4-11/h5,14H,3-4,13H2,1-2H3. The largest absolute Gasteiger partial charge is 0.504 e. The minimum Gasteiger partial charge on any atom is -0.504 e. The topological polar surface area (TPSA) is 55.5 Å². The first-order valence-corrected chi connectivity index (χ1v) is 5.23. The number of methoxy groups -OCH3 is 1. The van der Waals surface area contributed by atoms with Crippen LogP contribution in [0.25, 0.3) is 0 Å². The first kappa shape index (κ1) is 10.6. The second-order valence-electron chi connectivity index (χ2n) is 4.09. The molecule has 0 aliphatic heterocycles. The molecule has 4 heteroatoms. The van der Waals surface area contributed by atoms with E-state index in [4.69, 9.17) is 22.1 Å². The third-order valence-corrected chi connectivity index (χ3v) is 3.38. The lowest BCUT2D eigenvalue weighted by Crippen LogP contribution is -2.20. The molecule has 0 radical (unpaired) electrons. The van der Waals surface area contributed by atoms with Gasteiger partial charge in [-0.3, -0.25) is 0 Å². The molecule has 1 saturated carbocycles. The number of phenols is 1. The zero-order chi connectivity index (χ0) is 11.2. The van der Waals surface area contributed by atoms with E-state index >= 15 is 0 Å². The van der Waals surface area contributed by atoms with Crippen LogP contribution in [0.3, 0.4) is 0 Å². The fourth-order valence-corrected chi connectivity index (χ4v) is 2.08. The lowest BCUT2D eigenvalue weighted by atomic mass is 10.0. The number of aryl methyl sites for hydroxylation is 1. The average Bonchev–Trinajstić information content (AvgIpc) is 2.91. The Labute approximate surface area is 93.8 Å². The molecular formula is C11H14ClNO2. The lowest BCUT2D eigenvalue weighted by Gasteiger charge is -2.17. The van der Waals surface area contributed by atoms with E-state index in [9.17, 15) is 5.11 Å². The lowest BCUT2D eigenvalue weighted by molar-refractivity contribution is 0.367. The number of hydrogen-bond acceptors (Lipinski definition) is 3. The van der Waals surface area contributed by atoms with Gasteiger partial charge in [0.2, 0.25) is 0 Å². The Hall–Kier alpha value is -0.930. The fourth-order valence-electron chi connectivity index (χ4n) is 1.75. The number of rotatable bonds is 2. The van der Waals surface area contributed by atoms with Crippen LogP contribution in [-0.4, -0.2) is 12.2 Å². The Morgan fingerprint density at radius 3 is 2.60 bits per heavy atom. The predicted molar refractivity (Wildman–Crippen MR) is 59.5 cm³/mol. The molecule has 1 aromatic rings. The van der Waals surface area contributed by atoms with Gasteiger partial charge in [0.15, 0.2) is 11.5 Å². The number of hydrogen-bond donors (Lipinski definition) is 2. The van der Waals surface area contributed by atoms with Gasteiger partial charge in [-0.1, -0.05) is 11.6 Å². The van der Waals surface area contributed by atoms with Crippen LogP contribution in [0.2, 0.25) is 5.02 Å². The van der Waals surface area contributed by atoms with Gasteiger partial charge < -0.3 is 15.6 Å². The van der Waals surface area contributed by atoms with Crippen molar-refractivity contribution < 1.29 is 9.84 Å². The maximum Gasteiger partial charge on any atom is 0.164 e. The van der Waals surface area contributed by atoms with Crippen LogP contribution in [0, 0.1) is 6.92 Å². The quantitative estimate of drug-likeness (QED) is 0.815. The van der Waals surface area contributed by atoms with E-state index < -0.39 is 5.54 Å². The van der Waals surface area contributed by atoms with E-state index in [-0.39, 0.29) is 5.75 Å². The summed E-state index contributed by atoms with van der Waals surface area (Å²) in [7, 11) is 1.52. The van der Waals surface area contributed by atoms with E-state index in [1.807, 2.05) is 6.92 Å². The smallest absolute Gasteiger partial charge is 0.164 e. The van der Waals surface area contributed by atoms with Crippen molar-refractivity contribution in [3.05, 3.63) is 22.2 Å². The van der Waals surface area contributed by atoms with Gasteiger partial charge in [0.25, 0.3) is 0 Å². The fraction of sp³-hybridized carbons (Fsp3) is 0.455. The van der Waals surface area contributed by atoms with Crippen molar-refractivity contribution >= 4 is 11.6 Å². The molecule has 15 heavy (non-hydrogen) atoms. The minimum absolute atomic E-state index is 0.0769. The van der Waals surface area contributed by atoms with Gasteiger partial charge in [-0.05, 0) is 31.4 Å². The molecule has 0 spiro atoms. The van der Waals surface area contributed by atoms with Crippen LogP contribution in [0.5, 0.6) is 11.5 Å². The maximum atomic E-state index is 9.98. The number of phenolic OH excluding ortho intramolecular Hbond substituents is 1. The minimum atomic E-state index is -0.458. The zero-order valence-corrected chi connectivity index (χ0v) is 9.56. The van der Waals surface area contributed by atoms with E-state index in [0.717, 1.165) is 18.4 Å². The summed E-state index contributed by atoms with van der Waals surface area (Å²) in [6, 6.07) is 1.72. The van der Waals surface area contributed by atoms with E-state index in [1.165, 1.54) is 7.11 Å².